The maximum Gasteiger partial charge on any atom is 0.160 e. The molecule has 0 aromatic rings. The molecule has 2 aliphatic rings. The van der Waals surface area contributed by atoms with Crippen LogP contribution in [0.4, 0.5) is 0 Å². The first-order chi connectivity index (χ1) is 4.79. The van der Waals surface area contributed by atoms with Crippen molar-refractivity contribution in [2.75, 3.05) is 0 Å². The van der Waals surface area contributed by atoms with Crippen LogP contribution in [-0.4, -0.2) is 5.78 Å². The van der Waals surface area contributed by atoms with Crippen molar-refractivity contribution in [1.29, 1.82) is 0 Å². The van der Waals surface area contributed by atoms with Crippen molar-refractivity contribution in [2.45, 2.75) is 13.3 Å². The zero-order valence-corrected chi connectivity index (χ0v) is 5.85. The summed E-state index contributed by atoms with van der Waals surface area (Å²) in [5.41, 5.74) is 3.39. The second-order valence-electron chi connectivity index (χ2n) is 2.65. The van der Waals surface area contributed by atoms with Crippen LogP contribution in [0.25, 0.3) is 0 Å². The Bertz CT molecular complexity index is 290. The van der Waals surface area contributed by atoms with Crippen LogP contribution in [0.3, 0.4) is 0 Å². The van der Waals surface area contributed by atoms with E-state index in [1.54, 1.807) is 6.92 Å². The summed E-state index contributed by atoms with van der Waals surface area (Å²) >= 11 is 0. The van der Waals surface area contributed by atoms with Crippen LogP contribution in [0.2, 0.25) is 0 Å². The van der Waals surface area contributed by atoms with Crippen molar-refractivity contribution in [2.24, 2.45) is 0 Å². The van der Waals surface area contributed by atoms with Crippen LogP contribution < -0.4 is 0 Å². The zero-order chi connectivity index (χ0) is 7.14. The molecular weight excluding hydrogens is 124 g/mol. The lowest BCUT2D eigenvalue weighted by atomic mass is 9.89. The average molecular weight is 132 g/mol. The van der Waals surface area contributed by atoms with Gasteiger partial charge in [-0.2, -0.15) is 0 Å². The van der Waals surface area contributed by atoms with Crippen LogP contribution >= 0.6 is 0 Å². The van der Waals surface area contributed by atoms with Crippen molar-refractivity contribution in [1.82, 2.24) is 0 Å². The molecule has 0 aliphatic heterocycles. The van der Waals surface area contributed by atoms with Crippen molar-refractivity contribution in [3.05, 3.63) is 34.9 Å². The molecule has 1 heteroatoms. The van der Waals surface area contributed by atoms with Gasteiger partial charge in [-0.15, -0.1) is 0 Å². The fourth-order valence-electron chi connectivity index (χ4n) is 1.34. The molecule has 0 amide bonds. The molecule has 0 N–H and O–H groups in total. The Kier molecular flexibility index (Phi) is 0.956. The van der Waals surface area contributed by atoms with Crippen LogP contribution in [-0.2, 0) is 4.79 Å². The van der Waals surface area contributed by atoms with Gasteiger partial charge in [0.15, 0.2) is 5.78 Å². The Morgan fingerprint density at radius 1 is 1.50 bits per heavy atom. The Labute approximate surface area is 59.7 Å². The van der Waals surface area contributed by atoms with E-state index in [1.807, 2.05) is 12.2 Å². The number of carbonyl (C=O) groups is 1. The Hall–Kier alpha value is -1.11. The van der Waals surface area contributed by atoms with E-state index >= 15 is 0 Å². The first-order valence-electron chi connectivity index (χ1n) is 3.42. The Morgan fingerprint density at radius 2 is 2.30 bits per heavy atom. The number of carbonyl (C=O) groups excluding carboxylic acids is 1. The molecule has 0 unspecified atom stereocenters. The molecule has 0 saturated heterocycles. The van der Waals surface area contributed by atoms with Gasteiger partial charge < -0.3 is 0 Å². The maximum absolute atomic E-state index is 10.9. The molecule has 0 spiro atoms. The highest BCUT2D eigenvalue weighted by atomic mass is 16.1. The topological polar surface area (TPSA) is 17.1 Å². The number of ketones is 1. The minimum Gasteiger partial charge on any atom is -0.294 e. The van der Waals surface area contributed by atoms with E-state index < -0.39 is 0 Å². The first kappa shape index (κ1) is 5.66. The smallest absolute Gasteiger partial charge is 0.160 e. The summed E-state index contributed by atoms with van der Waals surface area (Å²) in [5, 5.41) is 0. The van der Waals surface area contributed by atoms with Gasteiger partial charge in [-0.05, 0) is 24.5 Å². The van der Waals surface area contributed by atoms with Gasteiger partial charge in [0, 0.05) is 5.57 Å². The van der Waals surface area contributed by atoms with Gasteiger partial charge in [-0.1, -0.05) is 18.2 Å². The standard InChI is InChI=1S/C9H8O/c1-6(10)8-4-2-7-3-5-9(7)8/h2,4-5H,3H2,1H3. The molecule has 0 bridgehead atoms. The average Bonchev–Trinajstić information content (AvgIpc) is 2.07. The zero-order valence-electron chi connectivity index (χ0n) is 5.85. The molecule has 2 rings (SSSR count). The summed E-state index contributed by atoms with van der Waals surface area (Å²) < 4.78 is 0. The van der Waals surface area contributed by atoms with Gasteiger partial charge in [0.2, 0.25) is 0 Å². The predicted molar refractivity (Wildman–Crippen MR) is 39.5 cm³/mol. The number of hydrogen-bond donors (Lipinski definition) is 0. The third-order valence-corrected chi connectivity index (χ3v) is 1.99. The summed E-state index contributed by atoms with van der Waals surface area (Å²) in [6.45, 7) is 1.61. The van der Waals surface area contributed by atoms with Crippen LogP contribution in [0, 0.1) is 0 Å². The number of allylic oxidation sites excluding steroid dienone is 6. The van der Waals surface area contributed by atoms with Crippen LogP contribution in [0.1, 0.15) is 13.3 Å². The van der Waals surface area contributed by atoms with Gasteiger partial charge in [-0.25, -0.2) is 0 Å². The number of hydrogen-bond acceptors (Lipinski definition) is 1. The van der Waals surface area contributed by atoms with Crippen molar-refractivity contribution >= 4 is 5.78 Å². The fraction of sp³-hybridized carbons (Fsp3) is 0.222. The second kappa shape index (κ2) is 1.69. The second-order valence-corrected chi connectivity index (χ2v) is 2.65. The SMILES string of the molecule is CC(=O)C1=CC=C2CC=C21. The molecule has 0 saturated carbocycles. The largest absolute Gasteiger partial charge is 0.294 e. The van der Waals surface area contributed by atoms with Gasteiger partial charge in [-0.3, -0.25) is 4.79 Å². The lowest BCUT2D eigenvalue weighted by Crippen LogP contribution is -2.04. The number of rotatable bonds is 1. The maximum atomic E-state index is 10.9. The van der Waals surface area contributed by atoms with E-state index in [0.29, 0.717) is 0 Å². The lowest BCUT2D eigenvalue weighted by molar-refractivity contribution is -0.113. The highest BCUT2D eigenvalue weighted by Crippen LogP contribution is 2.36. The van der Waals surface area contributed by atoms with Gasteiger partial charge in [0.25, 0.3) is 0 Å². The molecule has 0 aromatic carbocycles. The van der Waals surface area contributed by atoms with Crippen LogP contribution in [0.5, 0.6) is 0 Å². The molecule has 2 aliphatic carbocycles. The molecule has 0 radical (unpaired) electrons. The van der Waals surface area contributed by atoms with Gasteiger partial charge in [0.05, 0.1) is 0 Å². The number of Topliss-reactive ketones (excluding diaryl/α,β-unsaturated/α-hetero) is 1. The predicted octanol–water partition coefficient (Wildman–Crippen LogP) is 1.77. The molecule has 1 nitrogen and oxygen atoms in total. The molecule has 0 heterocycles. The Balaban J connectivity index is 2.39. The third-order valence-electron chi connectivity index (χ3n) is 1.99. The molecule has 0 fully saturated rings. The summed E-state index contributed by atoms with van der Waals surface area (Å²) in [6, 6.07) is 0. The molecular formula is C9H8O. The highest BCUT2D eigenvalue weighted by molar-refractivity contribution is 6.01. The Morgan fingerprint density at radius 3 is 2.60 bits per heavy atom. The van der Waals surface area contributed by atoms with E-state index in [4.69, 9.17) is 0 Å². The van der Waals surface area contributed by atoms with E-state index in [9.17, 15) is 4.79 Å². The van der Waals surface area contributed by atoms with E-state index in [2.05, 4.69) is 6.08 Å². The lowest BCUT2D eigenvalue weighted by Gasteiger charge is -2.14. The quantitative estimate of drug-likeness (QED) is 0.531. The minimum atomic E-state index is 0.178. The van der Waals surface area contributed by atoms with Gasteiger partial charge in [0.1, 0.15) is 0 Å². The number of fused-ring (bicyclic) bond motifs is 1. The van der Waals surface area contributed by atoms with Crippen LogP contribution in [0.15, 0.2) is 34.9 Å². The summed E-state index contributed by atoms with van der Waals surface area (Å²) in [5.74, 6) is 0.178. The van der Waals surface area contributed by atoms with E-state index in [-0.39, 0.29) is 5.78 Å². The first-order valence-corrected chi connectivity index (χ1v) is 3.42. The normalized spacial score (nSPS) is 20.3. The third kappa shape index (κ3) is 0.548. The van der Waals surface area contributed by atoms with Crippen molar-refractivity contribution in [3.8, 4) is 0 Å². The highest BCUT2D eigenvalue weighted by Gasteiger charge is 2.23. The fourth-order valence-corrected chi connectivity index (χ4v) is 1.34. The van der Waals surface area contributed by atoms with Crippen molar-refractivity contribution < 1.29 is 4.79 Å². The molecule has 0 aromatic heterocycles. The summed E-state index contributed by atoms with van der Waals surface area (Å²) in [6.07, 6.45) is 7.09. The minimum absolute atomic E-state index is 0.178. The monoisotopic (exact) mass is 132 g/mol. The summed E-state index contributed by atoms with van der Waals surface area (Å²) in [4.78, 5) is 10.9. The summed E-state index contributed by atoms with van der Waals surface area (Å²) in [7, 11) is 0. The molecule has 10 heavy (non-hydrogen) atoms. The molecule has 0 atom stereocenters. The van der Waals surface area contributed by atoms with Gasteiger partial charge >= 0.3 is 0 Å². The molecule has 50 valence electrons. The van der Waals surface area contributed by atoms with E-state index in [0.717, 1.165) is 12.0 Å². The van der Waals surface area contributed by atoms with Crippen molar-refractivity contribution in [3.63, 3.8) is 0 Å². The van der Waals surface area contributed by atoms with E-state index in [1.165, 1.54) is 11.1 Å².